The summed E-state index contributed by atoms with van der Waals surface area (Å²) in [6.45, 7) is 9.25. The molecular formula is C12H22N2O3. The molecule has 0 aliphatic heterocycles. The van der Waals surface area contributed by atoms with Gasteiger partial charge in [-0.05, 0) is 34.1 Å². The van der Waals surface area contributed by atoms with Gasteiger partial charge in [-0.2, -0.15) is 0 Å². The molecule has 0 saturated heterocycles. The Bertz CT molecular complexity index is 316. The fourth-order valence-electron chi connectivity index (χ4n) is 1.09. The SMILES string of the molecule is CC/C(C)=C\[C@H](NC(=O)NC(C)(C)C)C(=O)O. The van der Waals surface area contributed by atoms with E-state index in [9.17, 15) is 9.59 Å². The summed E-state index contributed by atoms with van der Waals surface area (Å²) in [5.74, 6) is -1.07. The second kappa shape index (κ2) is 6.27. The van der Waals surface area contributed by atoms with Crippen molar-refractivity contribution in [2.75, 3.05) is 0 Å². The molecule has 0 aromatic rings. The zero-order chi connectivity index (χ0) is 13.6. The predicted octanol–water partition coefficient (Wildman–Crippen LogP) is 1.89. The normalized spacial score (nSPS) is 14.1. The van der Waals surface area contributed by atoms with Crippen LogP contribution >= 0.6 is 0 Å². The molecule has 0 aliphatic rings. The fourth-order valence-corrected chi connectivity index (χ4v) is 1.09. The van der Waals surface area contributed by atoms with Crippen LogP contribution in [0.2, 0.25) is 0 Å². The topological polar surface area (TPSA) is 78.4 Å². The van der Waals surface area contributed by atoms with Crippen LogP contribution in [0.25, 0.3) is 0 Å². The summed E-state index contributed by atoms with van der Waals surface area (Å²) in [5.41, 5.74) is 0.532. The molecule has 5 nitrogen and oxygen atoms in total. The summed E-state index contributed by atoms with van der Waals surface area (Å²) in [5, 5.41) is 14.0. The molecule has 0 radical (unpaired) electrons. The quantitative estimate of drug-likeness (QED) is 0.659. The zero-order valence-electron chi connectivity index (χ0n) is 11.1. The molecule has 0 aliphatic carbocycles. The number of carbonyl (C=O) groups is 2. The van der Waals surface area contributed by atoms with Crippen molar-refractivity contribution in [3.8, 4) is 0 Å². The van der Waals surface area contributed by atoms with E-state index in [-0.39, 0.29) is 0 Å². The van der Waals surface area contributed by atoms with E-state index in [1.807, 2.05) is 34.6 Å². The van der Waals surface area contributed by atoms with Crippen molar-refractivity contribution in [2.45, 2.75) is 52.6 Å². The highest BCUT2D eigenvalue weighted by Gasteiger charge is 2.20. The molecular weight excluding hydrogens is 220 g/mol. The van der Waals surface area contributed by atoms with Crippen molar-refractivity contribution in [3.05, 3.63) is 11.6 Å². The summed E-state index contributed by atoms with van der Waals surface area (Å²) in [6.07, 6.45) is 2.30. The second-order valence-electron chi connectivity index (χ2n) is 5.03. The van der Waals surface area contributed by atoms with E-state index < -0.39 is 23.6 Å². The van der Waals surface area contributed by atoms with Gasteiger partial charge in [-0.3, -0.25) is 0 Å². The average molecular weight is 242 g/mol. The molecule has 3 N–H and O–H groups in total. The van der Waals surface area contributed by atoms with Crippen LogP contribution in [-0.4, -0.2) is 28.7 Å². The number of carbonyl (C=O) groups excluding carboxylic acids is 1. The number of hydrogen-bond acceptors (Lipinski definition) is 2. The molecule has 2 amide bonds. The molecule has 0 saturated carbocycles. The van der Waals surface area contributed by atoms with Crippen LogP contribution < -0.4 is 10.6 Å². The summed E-state index contributed by atoms with van der Waals surface area (Å²) in [6, 6.07) is -1.47. The van der Waals surface area contributed by atoms with E-state index in [0.29, 0.717) is 0 Å². The van der Waals surface area contributed by atoms with Gasteiger partial charge in [0.05, 0.1) is 0 Å². The van der Waals surface area contributed by atoms with Gasteiger partial charge < -0.3 is 15.7 Å². The molecule has 1 atom stereocenters. The first-order valence-corrected chi connectivity index (χ1v) is 5.64. The number of rotatable bonds is 4. The molecule has 0 spiro atoms. The highest BCUT2D eigenvalue weighted by Crippen LogP contribution is 2.02. The van der Waals surface area contributed by atoms with Gasteiger partial charge in [0.1, 0.15) is 6.04 Å². The largest absolute Gasteiger partial charge is 0.479 e. The Balaban J connectivity index is 4.57. The number of allylic oxidation sites excluding steroid dienone is 1. The van der Waals surface area contributed by atoms with E-state index in [2.05, 4.69) is 10.6 Å². The van der Waals surface area contributed by atoms with Gasteiger partial charge in [0.25, 0.3) is 0 Å². The summed E-state index contributed by atoms with van der Waals surface area (Å²) < 4.78 is 0. The Morgan fingerprint density at radius 3 is 2.24 bits per heavy atom. The number of urea groups is 1. The molecule has 17 heavy (non-hydrogen) atoms. The maximum absolute atomic E-state index is 11.5. The lowest BCUT2D eigenvalue weighted by Gasteiger charge is -2.22. The lowest BCUT2D eigenvalue weighted by atomic mass is 10.1. The van der Waals surface area contributed by atoms with Crippen LogP contribution in [0.4, 0.5) is 4.79 Å². The highest BCUT2D eigenvalue weighted by atomic mass is 16.4. The predicted molar refractivity (Wildman–Crippen MR) is 66.9 cm³/mol. The standard InChI is InChI=1S/C12H22N2O3/c1-6-8(2)7-9(10(15)16)13-11(17)14-12(3,4)5/h7,9H,6H2,1-5H3,(H,15,16)(H2,13,14,17)/b8-7-/t9-/m0/s1. The molecule has 0 aromatic heterocycles. The van der Waals surface area contributed by atoms with Gasteiger partial charge in [0, 0.05) is 5.54 Å². The first-order chi connectivity index (χ1) is 7.65. The highest BCUT2D eigenvalue weighted by molar-refractivity contribution is 5.84. The molecule has 0 rings (SSSR count). The second-order valence-corrected chi connectivity index (χ2v) is 5.03. The molecule has 5 heteroatoms. The van der Waals surface area contributed by atoms with Gasteiger partial charge in [-0.15, -0.1) is 0 Å². The van der Waals surface area contributed by atoms with Crippen LogP contribution in [0, 0.1) is 0 Å². The van der Waals surface area contributed by atoms with Gasteiger partial charge in [0.15, 0.2) is 0 Å². The number of carboxylic acid groups (broad SMARTS) is 1. The van der Waals surface area contributed by atoms with Gasteiger partial charge in [0.2, 0.25) is 0 Å². The Labute approximate surface area is 102 Å². The number of carboxylic acids is 1. The summed E-state index contributed by atoms with van der Waals surface area (Å²) in [4.78, 5) is 22.5. The van der Waals surface area contributed by atoms with Crippen molar-refractivity contribution in [1.82, 2.24) is 10.6 Å². The minimum atomic E-state index is -1.07. The van der Waals surface area contributed by atoms with Crippen molar-refractivity contribution in [3.63, 3.8) is 0 Å². The van der Waals surface area contributed by atoms with E-state index in [0.717, 1.165) is 12.0 Å². The summed E-state index contributed by atoms with van der Waals surface area (Å²) in [7, 11) is 0. The first-order valence-electron chi connectivity index (χ1n) is 5.64. The van der Waals surface area contributed by atoms with E-state index in [1.165, 1.54) is 0 Å². The van der Waals surface area contributed by atoms with E-state index in [1.54, 1.807) is 6.08 Å². The number of aliphatic carboxylic acids is 1. The number of amides is 2. The Kier molecular flexibility index (Phi) is 5.71. The third-order valence-electron chi connectivity index (χ3n) is 2.05. The van der Waals surface area contributed by atoms with Crippen LogP contribution in [-0.2, 0) is 4.79 Å². The van der Waals surface area contributed by atoms with Crippen LogP contribution in [0.1, 0.15) is 41.0 Å². The van der Waals surface area contributed by atoms with Crippen molar-refractivity contribution in [2.24, 2.45) is 0 Å². The van der Waals surface area contributed by atoms with Crippen molar-refractivity contribution < 1.29 is 14.7 Å². The molecule has 0 heterocycles. The molecule has 0 bridgehead atoms. The van der Waals surface area contributed by atoms with Gasteiger partial charge in [-0.25, -0.2) is 9.59 Å². The van der Waals surface area contributed by atoms with Crippen LogP contribution in [0.3, 0.4) is 0 Å². The Morgan fingerprint density at radius 2 is 1.88 bits per heavy atom. The Morgan fingerprint density at radius 1 is 1.35 bits per heavy atom. The van der Waals surface area contributed by atoms with Crippen molar-refractivity contribution in [1.29, 1.82) is 0 Å². The minimum Gasteiger partial charge on any atom is -0.479 e. The third-order valence-corrected chi connectivity index (χ3v) is 2.05. The van der Waals surface area contributed by atoms with E-state index in [4.69, 9.17) is 5.11 Å². The number of nitrogens with one attached hydrogen (secondary N) is 2. The van der Waals surface area contributed by atoms with Gasteiger partial charge in [-0.1, -0.05) is 18.6 Å². The Hall–Kier alpha value is -1.52. The third kappa shape index (κ3) is 7.38. The molecule has 98 valence electrons. The fraction of sp³-hybridized carbons (Fsp3) is 0.667. The van der Waals surface area contributed by atoms with Crippen LogP contribution in [0.5, 0.6) is 0 Å². The van der Waals surface area contributed by atoms with E-state index >= 15 is 0 Å². The smallest absolute Gasteiger partial charge is 0.330 e. The lowest BCUT2D eigenvalue weighted by Crippen LogP contribution is -2.51. The molecule has 0 unspecified atom stereocenters. The average Bonchev–Trinajstić information content (AvgIpc) is 2.13. The zero-order valence-corrected chi connectivity index (χ0v) is 11.1. The first kappa shape index (κ1) is 15.5. The maximum atomic E-state index is 11.5. The monoisotopic (exact) mass is 242 g/mol. The lowest BCUT2D eigenvalue weighted by molar-refractivity contribution is -0.137. The number of hydrogen-bond donors (Lipinski definition) is 3. The minimum absolute atomic E-state index is 0.392. The molecule has 0 fully saturated rings. The summed E-state index contributed by atoms with van der Waals surface area (Å²) >= 11 is 0. The maximum Gasteiger partial charge on any atom is 0.330 e. The van der Waals surface area contributed by atoms with Crippen molar-refractivity contribution >= 4 is 12.0 Å². The molecule has 0 aromatic carbocycles. The van der Waals surface area contributed by atoms with Crippen LogP contribution in [0.15, 0.2) is 11.6 Å². The van der Waals surface area contributed by atoms with Gasteiger partial charge >= 0.3 is 12.0 Å².